The Kier molecular flexibility index (Phi) is 5.39. The molecule has 0 aliphatic carbocycles. The predicted molar refractivity (Wildman–Crippen MR) is 86.5 cm³/mol. The number of nitrogens with zero attached hydrogens (tertiary/aromatic N) is 2. The minimum absolute atomic E-state index is 0.861. The summed E-state index contributed by atoms with van der Waals surface area (Å²) in [5.74, 6) is 0.861. The smallest absolute Gasteiger partial charge is 0.121 e. The highest BCUT2D eigenvalue weighted by molar-refractivity contribution is 5.42. The number of hydrogen-bond acceptors (Lipinski definition) is 3. The Morgan fingerprint density at radius 3 is 2.67 bits per heavy atom. The number of likely N-dealkylation sites (N-methyl/N-ethyl adjacent to an activating group) is 1. The molecule has 1 aromatic heterocycles. The topological polar surface area (TPSA) is 39.1 Å². The standard InChI is InChI=1S/C17H25N3O/c1-5-16-15(10-11-18-3)17(6-2)20(19-16)13-8-7-9-14(12-13)21-4/h7-9,12,18H,5-6,10-11H2,1-4H3. The van der Waals surface area contributed by atoms with Crippen molar-refractivity contribution in [1.82, 2.24) is 15.1 Å². The summed E-state index contributed by atoms with van der Waals surface area (Å²) < 4.78 is 7.40. The SMILES string of the molecule is CCc1nn(-c2cccc(OC)c2)c(CC)c1CCNC. The molecule has 0 atom stereocenters. The van der Waals surface area contributed by atoms with Gasteiger partial charge in [-0.1, -0.05) is 19.9 Å². The van der Waals surface area contributed by atoms with Crippen LogP contribution in [0.1, 0.15) is 30.8 Å². The van der Waals surface area contributed by atoms with Crippen molar-refractivity contribution in [3.63, 3.8) is 0 Å². The van der Waals surface area contributed by atoms with Crippen molar-refractivity contribution in [3.8, 4) is 11.4 Å². The number of ether oxygens (including phenoxy) is 1. The molecule has 0 unspecified atom stereocenters. The maximum atomic E-state index is 5.33. The van der Waals surface area contributed by atoms with Crippen molar-refractivity contribution < 1.29 is 4.74 Å². The van der Waals surface area contributed by atoms with Crippen molar-refractivity contribution in [1.29, 1.82) is 0 Å². The minimum Gasteiger partial charge on any atom is -0.497 e. The van der Waals surface area contributed by atoms with Crippen LogP contribution < -0.4 is 10.1 Å². The highest BCUT2D eigenvalue weighted by Gasteiger charge is 2.16. The Labute approximate surface area is 127 Å². The summed E-state index contributed by atoms with van der Waals surface area (Å²) in [4.78, 5) is 0. The fourth-order valence-electron chi connectivity index (χ4n) is 2.68. The van der Waals surface area contributed by atoms with Gasteiger partial charge >= 0.3 is 0 Å². The average Bonchev–Trinajstić information content (AvgIpc) is 2.90. The molecule has 1 aromatic carbocycles. The lowest BCUT2D eigenvalue weighted by atomic mass is 10.1. The molecule has 0 aliphatic heterocycles. The molecular formula is C17H25N3O. The van der Waals surface area contributed by atoms with Gasteiger partial charge in [0, 0.05) is 11.8 Å². The molecule has 2 rings (SSSR count). The third-order valence-electron chi connectivity index (χ3n) is 3.77. The van der Waals surface area contributed by atoms with Crippen molar-refractivity contribution in [3.05, 3.63) is 41.2 Å². The third kappa shape index (κ3) is 3.27. The van der Waals surface area contributed by atoms with E-state index in [0.717, 1.165) is 37.2 Å². The molecule has 0 fully saturated rings. The van der Waals surface area contributed by atoms with Crippen molar-refractivity contribution in [2.75, 3.05) is 20.7 Å². The van der Waals surface area contributed by atoms with E-state index in [-0.39, 0.29) is 0 Å². The monoisotopic (exact) mass is 287 g/mol. The zero-order chi connectivity index (χ0) is 15.2. The van der Waals surface area contributed by atoms with Gasteiger partial charge in [0.15, 0.2) is 0 Å². The van der Waals surface area contributed by atoms with Gasteiger partial charge in [0.25, 0.3) is 0 Å². The van der Waals surface area contributed by atoms with E-state index in [0.29, 0.717) is 0 Å². The summed E-state index contributed by atoms with van der Waals surface area (Å²) in [7, 11) is 3.68. The first-order valence-electron chi connectivity index (χ1n) is 7.63. The van der Waals surface area contributed by atoms with Crippen LogP contribution in [-0.2, 0) is 19.3 Å². The zero-order valence-corrected chi connectivity index (χ0v) is 13.4. The molecule has 2 aromatic rings. The van der Waals surface area contributed by atoms with Crippen molar-refractivity contribution in [2.45, 2.75) is 33.1 Å². The fourth-order valence-corrected chi connectivity index (χ4v) is 2.68. The summed E-state index contributed by atoms with van der Waals surface area (Å²) in [6.07, 6.45) is 2.96. The molecule has 1 N–H and O–H groups in total. The number of aryl methyl sites for hydroxylation is 1. The first kappa shape index (κ1) is 15.6. The summed E-state index contributed by atoms with van der Waals surface area (Å²) >= 11 is 0. The maximum absolute atomic E-state index is 5.33. The molecule has 4 nitrogen and oxygen atoms in total. The Bertz CT molecular complexity index is 590. The number of rotatable bonds is 7. The first-order valence-corrected chi connectivity index (χ1v) is 7.63. The molecule has 0 amide bonds. The number of methoxy groups -OCH3 is 1. The number of benzene rings is 1. The van der Waals surface area contributed by atoms with Crippen LogP contribution in [-0.4, -0.2) is 30.5 Å². The van der Waals surface area contributed by atoms with Gasteiger partial charge in [0.05, 0.1) is 18.5 Å². The lowest BCUT2D eigenvalue weighted by Crippen LogP contribution is -2.12. The van der Waals surface area contributed by atoms with E-state index in [9.17, 15) is 0 Å². The summed E-state index contributed by atoms with van der Waals surface area (Å²) in [5, 5.41) is 8.06. The molecule has 114 valence electrons. The van der Waals surface area contributed by atoms with Crippen LogP contribution in [0.2, 0.25) is 0 Å². The van der Waals surface area contributed by atoms with E-state index >= 15 is 0 Å². The van der Waals surface area contributed by atoms with Crippen LogP contribution in [0.5, 0.6) is 5.75 Å². The number of hydrogen-bond donors (Lipinski definition) is 1. The van der Waals surface area contributed by atoms with E-state index in [1.54, 1.807) is 7.11 Å². The second-order valence-corrected chi connectivity index (χ2v) is 5.05. The van der Waals surface area contributed by atoms with Gasteiger partial charge in [0.1, 0.15) is 5.75 Å². The van der Waals surface area contributed by atoms with Gasteiger partial charge in [-0.25, -0.2) is 4.68 Å². The fraction of sp³-hybridized carbons (Fsp3) is 0.471. The second kappa shape index (κ2) is 7.27. The third-order valence-corrected chi connectivity index (χ3v) is 3.77. The van der Waals surface area contributed by atoms with Gasteiger partial charge < -0.3 is 10.1 Å². The Balaban J connectivity index is 2.49. The van der Waals surface area contributed by atoms with Crippen LogP contribution in [0.15, 0.2) is 24.3 Å². The average molecular weight is 287 g/mol. The summed E-state index contributed by atoms with van der Waals surface area (Å²) in [5.41, 5.74) is 4.95. The Morgan fingerprint density at radius 1 is 1.24 bits per heavy atom. The van der Waals surface area contributed by atoms with E-state index < -0.39 is 0 Å². The quantitative estimate of drug-likeness (QED) is 0.851. The van der Waals surface area contributed by atoms with Crippen LogP contribution in [0.3, 0.4) is 0 Å². The largest absolute Gasteiger partial charge is 0.497 e. The van der Waals surface area contributed by atoms with Crippen molar-refractivity contribution in [2.24, 2.45) is 0 Å². The van der Waals surface area contributed by atoms with Crippen LogP contribution >= 0.6 is 0 Å². The molecule has 0 saturated carbocycles. The van der Waals surface area contributed by atoms with Gasteiger partial charge in [-0.2, -0.15) is 5.10 Å². The lowest BCUT2D eigenvalue weighted by Gasteiger charge is -2.09. The van der Waals surface area contributed by atoms with E-state index in [1.807, 2.05) is 25.2 Å². The molecule has 1 heterocycles. The Morgan fingerprint density at radius 2 is 2.05 bits per heavy atom. The van der Waals surface area contributed by atoms with Crippen molar-refractivity contribution >= 4 is 0 Å². The molecule has 0 aliphatic rings. The summed E-state index contributed by atoms with van der Waals surface area (Å²) in [6.45, 7) is 5.33. The number of aromatic nitrogens is 2. The highest BCUT2D eigenvalue weighted by atomic mass is 16.5. The number of nitrogens with one attached hydrogen (secondary N) is 1. The molecule has 21 heavy (non-hydrogen) atoms. The molecule has 0 radical (unpaired) electrons. The van der Waals surface area contributed by atoms with E-state index in [2.05, 4.69) is 29.9 Å². The van der Waals surface area contributed by atoms with Crippen LogP contribution in [0, 0.1) is 0 Å². The maximum Gasteiger partial charge on any atom is 0.121 e. The minimum atomic E-state index is 0.861. The zero-order valence-electron chi connectivity index (χ0n) is 13.4. The Hall–Kier alpha value is -1.81. The molecule has 0 spiro atoms. The van der Waals surface area contributed by atoms with Gasteiger partial charge in [0.2, 0.25) is 0 Å². The second-order valence-electron chi connectivity index (χ2n) is 5.05. The van der Waals surface area contributed by atoms with Crippen LogP contribution in [0.4, 0.5) is 0 Å². The normalized spacial score (nSPS) is 10.9. The van der Waals surface area contributed by atoms with Gasteiger partial charge in [-0.15, -0.1) is 0 Å². The molecule has 0 bridgehead atoms. The molecular weight excluding hydrogens is 262 g/mol. The van der Waals surface area contributed by atoms with E-state index in [4.69, 9.17) is 9.84 Å². The van der Waals surface area contributed by atoms with Crippen LogP contribution in [0.25, 0.3) is 5.69 Å². The predicted octanol–water partition coefficient (Wildman–Crippen LogP) is 2.77. The molecule has 4 heteroatoms. The molecule has 0 saturated heterocycles. The van der Waals surface area contributed by atoms with Gasteiger partial charge in [-0.3, -0.25) is 0 Å². The highest BCUT2D eigenvalue weighted by Crippen LogP contribution is 2.23. The lowest BCUT2D eigenvalue weighted by molar-refractivity contribution is 0.414. The first-order chi connectivity index (χ1) is 10.2. The van der Waals surface area contributed by atoms with Gasteiger partial charge in [-0.05, 0) is 50.6 Å². The summed E-state index contributed by atoms with van der Waals surface area (Å²) in [6, 6.07) is 8.08. The van der Waals surface area contributed by atoms with E-state index in [1.165, 1.54) is 17.0 Å².